The third kappa shape index (κ3) is 3.19. The molecule has 94 valence electrons. The van der Waals surface area contributed by atoms with E-state index >= 15 is 0 Å². The number of aromatic nitrogens is 2. The van der Waals surface area contributed by atoms with Gasteiger partial charge >= 0.3 is 0 Å². The molecule has 0 amide bonds. The Morgan fingerprint density at radius 3 is 2.76 bits per heavy atom. The molecular weight excluding hydrogens is 232 g/mol. The Morgan fingerprint density at radius 2 is 2.12 bits per heavy atom. The van der Waals surface area contributed by atoms with Gasteiger partial charge in [-0.25, -0.2) is 9.97 Å². The maximum absolute atomic E-state index is 6.08. The topological polar surface area (TPSA) is 25.8 Å². The van der Waals surface area contributed by atoms with Crippen molar-refractivity contribution in [2.75, 3.05) is 0 Å². The van der Waals surface area contributed by atoms with Crippen molar-refractivity contribution in [1.29, 1.82) is 0 Å². The van der Waals surface area contributed by atoms with Gasteiger partial charge in [0, 0.05) is 11.6 Å². The Hall–Kier alpha value is -0.630. The highest BCUT2D eigenvalue weighted by atomic mass is 35.5. The second-order valence-corrected chi connectivity index (χ2v) is 5.46. The fraction of sp³-hybridized carbons (Fsp3) is 0.714. The number of halogens is 1. The van der Waals surface area contributed by atoms with Crippen LogP contribution in [0.4, 0.5) is 0 Å². The van der Waals surface area contributed by atoms with Crippen LogP contribution >= 0.6 is 11.6 Å². The van der Waals surface area contributed by atoms with E-state index < -0.39 is 0 Å². The van der Waals surface area contributed by atoms with Gasteiger partial charge in [0.25, 0.3) is 0 Å². The first-order valence-corrected chi connectivity index (χ1v) is 7.14. The minimum absolute atomic E-state index is 0.536. The van der Waals surface area contributed by atoms with Crippen LogP contribution in [0.3, 0.4) is 0 Å². The second-order valence-electron chi connectivity index (χ2n) is 5.07. The summed E-state index contributed by atoms with van der Waals surface area (Å²) in [4.78, 5) is 9.10. The van der Waals surface area contributed by atoms with Crippen LogP contribution in [0.15, 0.2) is 6.07 Å². The molecule has 2 nitrogen and oxygen atoms in total. The molecule has 0 saturated heterocycles. The van der Waals surface area contributed by atoms with E-state index in [0.29, 0.717) is 11.1 Å². The van der Waals surface area contributed by atoms with Crippen LogP contribution in [0.1, 0.15) is 63.4 Å². The van der Waals surface area contributed by atoms with E-state index in [0.717, 1.165) is 30.3 Å². The monoisotopic (exact) mass is 252 g/mol. The van der Waals surface area contributed by atoms with Gasteiger partial charge in [0.15, 0.2) is 0 Å². The number of hydrogen-bond donors (Lipinski definition) is 0. The molecule has 0 aliphatic heterocycles. The summed E-state index contributed by atoms with van der Waals surface area (Å²) in [5.41, 5.74) is 1.10. The quantitative estimate of drug-likeness (QED) is 0.744. The summed E-state index contributed by atoms with van der Waals surface area (Å²) in [6.07, 6.45) is 7.17. The molecule has 17 heavy (non-hydrogen) atoms. The van der Waals surface area contributed by atoms with Crippen molar-refractivity contribution in [2.24, 2.45) is 5.92 Å². The van der Waals surface area contributed by atoms with Crippen molar-refractivity contribution >= 4 is 11.6 Å². The average Bonchev–Trinajstić information content (AvgIpc) is 2.77. The highest BCUT2D eigenvalue weighted by Crippen LogP contribution is 2.38. The molecule has 0 N–H and O–H groups in total. The SMILES string of the molecule is CCCc1cc(Cl)nc(C2CCC(CC)C2)n1. The number of nitrogens with zero attached hydrogens (tertiary/aromatic N) is 2. The normalized spacial score (nSPS) is 24.2. The van der Waals surface area contributed by atoms with E-state index in [1.54, 1.807) is 0 Å². The van der Waals surface area contributed by atoms with Crippen molar-refractivity contribution in [3.8, 4) is 0 Å². The van der Waals surface area contributed by atoms with Gasteiger partial charge in [-0.15, -0.1) is 0 Å². The fourth-order valence-corrected chi connectivity index (χ4v) is 2.94. The third-order valence-electron chi connectivity index (χ3n) is 3.76. The lowest BCUT2D eigenvalue weighted by molar-refractivity contribution is 0.516. The summed E-state index contributed by atoms with van der Waals surface area (Å²) in [6, 6.07) is 1.90. The molecule has 1 aromatic heterocycles. The fourth-order valence-electron chi connectivity index (χ4n) is 2.73. The first-order valence-electron chi connectivity index (χ1n) is 6.76. The molecule has 0 radical (unpaired) electrons. The number of hydrogen-bond acceptors (Lipinski definition) is 2. The van der Waals surface area contributed by atoms with Gasteiger partial charge in [-0.05, 0) is 37.7 Å². The second kappa shape index (κ2) is 5.81. The van der Waals surface area contributed by atoms with Crippen LogP contribution in [-0.2, 0) is 6.42 Å². The van der Waals surface area contributed by atoms with E-state index in [2.05, 4.69) is 23.8 Å². The van der Waals surface area contributed by atoms with Gasteiger partial charge in [0.05, 0.1) is 0 Å². The maximum atomic E-state index is 6.08. The molecule has 1 aliphatic carbocycles. The molecule has 2 atom stereocenters. The molecule has 0 spiro atoms. The largest absolute Gasteiger partial charge is 0.238 e. The molecule has 1 fully saturated rings. The summed E-state index contributed by atoms with van der Waals surface area (Å²) < 4.78 is 0. The van der Waals surface area contributed by atoms with Gasteiger partial charge in [-0.1, -0.05) is 38.3 Å². The van der Waals surface area contributed by atoms with Crippen molar-refractivity contribution in [2.45, 2.75) is 58.3 Å². The zero-order valence-corrected chi connectivity index (χ0v) is 11.5. The molecule has 2 unspecified atom stereocenters. The zero-order valence-electron chi connectivity index (χ0n) is 10.7. The van der Waals surface area contributed by atoms with Gasteiger partial charge in [-0.2, -0.15) is 0 Å². The lowest BCUT2D eigenvalue weighted by Gasteiger charge is -2.10. The molecule has 3 heteroatoms. The van der Waals surface area contributed by atoms with Crippen LogP contribution in [0.2, 0.25) is 5.15 Å². The number of aryl methyl sites for hydroxylation is 1. The van der Waals surface area contributed by atoms with E-state index in [4.69, 9.17) is 11.6 Å². The molecule has 1 heterocycles. The summed E-state index contributed by atoms with van der Waals surface area (Å²) in [6.45, 7) is 4.44. The van der Waals surface area contributed by atoms with Gasteiger partial charge in [0.1, 0.15) is 11.0 Å². The lowest BCUT2D eigenvalue weighted by Crippen LogP contribution is -2.04. The Labute approximate surface area is 109 Å². The predicted octanol–water partition coefficient (Wildman–Crippen LogP) is 4.38. The molecule has 0 bridgehead atoms. The van der Waals surface area contributed by atoms with Gasteiger partial charge < -0.3 is 0 Å². The minimum atomic E-state index is 0.536. The molecule has 1 aliphatic rings. The lowest BCUT2D eigenvalue weighted by atomic mass is 10.0. The highest BCUT2D eigenvalue weighted by molar-refractivity contribution is 6.29. The third-order valence-corrected chi connectivity index (χ3v) is 3.95. The Kier molecular flexibility index (Phi) is 4.38. The van der Waals surface area contributed by atoms with E-state index in [-0.39, 0.29) is 0 Å². The predicted molar refractivity (Wildman–Crippen MR) is 71.4 cm³/mol. The van der Waals surface area contributed by atoms with E-state index in [9.17, 15) is 0 Å². The summed E-state index contributed by atoms with van der Waals surface area (Å²) in [7, 11) is 0. The maximum Gasteiger partial charge on any atom is 0.133 e. The molecular formula is C14H21ClN2. The number of rotatable bonds is 4. The van der Waals surface area contributed by atoms with Crippen molar-refractivity contribution in [1.82, 2.24) is 9.97 Å². The van der Waals surface area contributed by atoms with Crippen LogP contribution in [0.5, 0.6) is 0 Å². The van der Waals surface area contributed by atoms with Crippen LogP contribution in [-0.4, -0.2) is 9.97 Å². The Morgan fingerprint density at radius 1 is 1.29 bits per heavy atom. The Balaban J connectivity index is 2.15. The summed E-state index contributed by atoms with van der Waals surface area (Å²) in [5, 5.41) is 0.610. The molecule has 0 aromatic carbocycles. The smallest absolute Gasteiger partial charge is 0.133 e. The van der Waals surface area contributed by atoms with Crippen molar-refractivity contribution in [3.05, 3.63) is 22.7 Å². The van der Waals surface area contributed by atoms with Gasteiger partial charge in [-0.3, -0.25) is 0 Å². The van der Waals surface area contributed by atoms with Crippen LogP contribution < -0.4 is 0 Å². The molecule has 1 saturated carbocycles. The average molecular weight is 253 g/mol. The molecule has 1 aromatic rings. The Bertz CT molecular complexity index is 378. The van der Waals surface area contributed by atoms with E-state index in [1.165, 1.54) is 25.7 Å². The van der Waals surface area contributed by atoms with E-state index in [1.807, 2.05) is 6.07 Å². The first-order chi connectivity index (χ1) is 8.22. The minimum Gasteiger partial charge on any atom is -0.238 e. The van der Waals surface area contributed by atoms with Gasteiger partial charge in [0.2, 0.25) is 0 Å². The summed E-state index contributed by atoms with van der Waals surface area (Å²) in [5.74, 6) is 2.38. The molecule has 2 rings (SSSR count). The first kappa shape index (κ1) is 12.8. The van der Waals surface area contributed by atoms with Crippen molar-refractivity contribution < 1.29 is 0 Å². The van der Waals surface area contributed by atoms with Crippen molar-refractivity contribution in [3.63, 3.8) is 0 Å². The zero-order chi connectivity index (χ0) is 12.3. The standard InChI is InChI=1S/C14H21ClN2/c1-3-5-12-9-13(15)17-14(16-12)11-7-6-10(4-2)8-11/h9-11H,3-8H2,1-2H3. The summed E-state index contributed by atoms with van der Waals surface area (Å²) >= 11 is 6.08. The van der Waals surface area contributed by atoms with Crippen LogP contribution in [0.25, 0.3) is 0 Å². The van der Waals surface area contributed by atoms with Crippen LogP contribution in [0, 0.1) is 5.92 Å². The highest BCUT2D eigenvalue weighted by Gasteiger charge is 2.27.